The van der Waals surface area contributed by atoms with Gasteiger partial charge in [-0.1, -0.05) is 36.9 Å². The molecule has 0 saturated carbocycles. The smallest absolute Gasteiger partial charge is 0.113 e. The lowest BCUT2D eigenvalue weighted by molar-refractivity contribution is 0.106. The Morgan fingerprint density at radius 2 is 2.00 bits per heavy atom. The number of hydrogen-bond acceptors (Lipinski definition) is 1. The van der Waals surface area contributed by atoms with Crippen LogP contribution in [0.2, 0.25) is 0 Å². The van der Waals surface area contributed by atoms with Crippen molar-refractivity contribution in [1.82, 2.24) is 0 Å². The number of benzene rings is 1. The van der Waals surface area contributed by atoms with Gasteiger partial charge in [-0.3, -0.25) is 0 Å². The third-order valence-electron chi connectivity index (χ3n) is 1.71. The van der Waals surface area contributed by atoms with Crippen LogP contribution >= 0.6 is 0 Å². The molecule has 1 nitrogen and oxygen atoms in total. The van der Waals surface area contributed by atoms with Crippen LogP contribution in [0.4, 0.5) is 4.39 Å². The first kappa shape index (κ1) is 9.93. The summed E-state index contributed by atoms with van der Waals surface area (Å²) in [6.07, 6.45) is 1.78. The SMILES string of the molecule is C=Cc1ccc(COCCF)cc1. The monoisotopic (exact) mass is 180 g/mol. The van der Waals surface area contributed by atoms with E-state index >= 15 is 0 Å². The van der Waals surface area contributed by atoms with E-state index < -0.39 is 6.67 Å². The Balaban J connectivity index is 2.44. The van der Waals surface area contributed by atoms with Crippen LogP contribution in [-0.4, -0.2) is 13.3 Å². The van der Waals surface area contributed by atoms with Gasteiger partial charge < -0.3 is 4.74 Å². The van der Waals surface area contributed by atoms with Crippen LogP contribution in [0.15, 0.2) is 30.8 Å². The molecule has 1 aromatic carbocycles. The molecule has 1 aromatic rings. The fourth-order valence-corrected chi connectivity index (χ4v) is 0.995. The molecule has 0 saturated heterocycles. The van der Waals surface area contributed by atoms with Crippen LogP contribution in [0, 0.1) is 0 Å². The standard InChI is InChI=1S/C11H13FO/c1-2-10-3-5-11(6-4-10)9-13-8-7-12/h2-6H,1,7-9H2. The predicted octanol–water partition coefficient (Wildman–Crippen LogP) is 2.82. The normalized spacial score (nSPS) is 9.92. The number of hydrogen-bond donors (Lipinski definition) is 0. The first-order chi connectivity index (χ1) is 6.36. The third-order valence-corrected chi connectivity index (χ3v) is 1.71. The summed E-state index contributed by atoms with van der Waals surface area (Å²) >= 11 is 0. The van der Waals surface area contributed by atoms with Crippen LogP contribution in [-0.2, 0) is 11.3 Å². The summed E-state index contributed by atoms with van der Waals surface area (Å²) in [5.41, 5.74) is 2.13. The molecule has 0 aliphatic heterocycles. The highest BCUT2D eigenvalue weighted by atomic mass is 19.1. The Morgan fingerprint density at radius 3 is 2.54 bits per heavy atom. The summed E-state index contributed by atoms with van der Waals surface area (Å²) in [5.74, 6) is 0. The van der Waals surface area contributed by atoms with Crippen LogP contribution < -0.4 is 0 Å². The van der Waals surface area contributed by atoms with E-state index in [1.807, 2.05) is 24.3 Å². The lowest BCUT2D eigenvalue weighted by atomic mass is 10.1. The van der Waals surface area contributed by atoms with Crippen LogP contribution in [0.1, 0.15) is 11.1 Å². The Kier molecular flexibility index (Phi) is 4.19. The average Bonchev–Trinajstić information content (AvgIpc) is 2.19. The summed E-state index contributed by atoms with van der Waals surface area (Å²) in [7, 11) is 0. The van der Waals surface area contributed by atoms with Crippen molar-refractivity contribution < 1.29 is 9.13 Å². The van der Waals surface area contributed by atoms with Gasteiger partial charge in [-0.05, 0) is 11.1 Å². The van der Waals surface area contributed by atoms with Gasteiger partial charge in [0, 0.05) is 0 Å². The zero-order valence-electron chi connectivity index (χ0n) is 7.50. The molecule has 0 heterocycles. The maximum atomic E-state index is 11.7. The second-order valence-corrected chi connectivity index (χ2v) is 2.69. The molecule has 0 aliphatic rings. The number of alkyl halides is 1. The van der Waals surface area contributed by atoms with Crippen LogP contribution in [0.5, 0.6) is 0 Å². The van der Waals surface area contributed by atoms with Crippen molar-refractivity contribution >= 4 is 6.08 Å². The molecular formula is C11H13FO. The highest BCUT2D eigenvalue weighted by molar-refractivity contribution is 5.47. The largest absolute Gasteiger partial charge is 0.374 e. The molecule has 0 bridgehead atoms. The van der Waals surface area contributed by atoms with E-state index in [0.29, 0.717) is 6.61 Å². The first-order valence-corrected chi connectivity index (χ1v) is 4.22. The minimum Gasteiger partial charge on any atom is -0.374 e. The second kappa shape index (κ2) is 5.49. The van der Waals surface area contributed by atoms with E-state index in [2.05, 4.69) is 6.58 Å². The van der Waals surface area contributed by atoms with Gasteiger partial charge in [0.2, 0.25) is 0 Å². The van der Waals surface area contributed by atoms with Crippen molar-refractivity contribution in [3.05, 3.63) is 42.0 Å². The molecule has 0 aromatic heterocycles. The van der Waals surface area contributed by atoms with E-state index in [1.54, 1.807) is 6.08 Å². The van der Waals surface area contributed by atoms with Crippen molar-refractivity contribution in [2.24, 2.45) is 0 Å². The Morgan fingerprint density at radius 1 is 1.31 bits per heavy atom. The number of halogens is 1. The Bertz CT molecular complexity index is 253. The lowest BCUT2D eigenvalue weighted by Crippen LogP contribution is -1.96. The molecule has 0 fully saturated rings. The molecule has 1 rings (SSSR count). The lowest BCUT2D eigenvalue weighted by Gasteiger charge is -2.01. The van der Waals surface area contributed by atoms with E-state index in [4.69, 9.17) is 4.74 Å². The van der Waals surface area contributed by atoms with E-state index in [9.17, 15) is 4.39 Å². The molecule has 2 heteroatoms. The second-order valence-electron chi connectivity index (χ2n) is 2.69. The molecule has 0 N–H and O–H groups in total. The summed E-state index contributed by atoms with van der Waals surface area (Å²) in [4.78, 5) is 0. The van der Waals surface area contributed by atoms with Crippen molar-refractivity contribution in [2.45, 2.75) is 6.61 Å². The molecule has 70 valence electrons. The van der Waals surface area contributed by atoms with E-state index in [-0.39, 0.29) is 6.61 Å². The predicted molar refractivity (Wildman–Crippen MR) is 52.2 cm³/mol. The number of rotatable bonds is 5. The average molecular weight is 180 g/mol. The highest BCUT2D eigenvalue weighted by Gasteiger charge is 1.92. The Hall–Kier alpha value is -1.15. The van der Waals surface area contributed by atoms with Gasteiger partial charge in [0.1, 0.15) is 6.67 Å². The minimum absolute atomic E-state index is 0.170. The summed E-state index contributed by atoms with van der Waals surface area (Å²) in [5, 5.41) is 0. The van der Waals surface area contributed by atoms with E-state index in [1.165, 1.54) is 0 Å². The fourth-order valence-electron chi connectivity index (χ4n) is 0.995. The molecular weight excluding hydrogens is 167 g/mol. The minimum atomic E-state index is -0.426. The summed E-state index contributed by atoms with van der Waals surface area (Å²) in [6.45, 7) is 3.87. The molecule has 0 aliphatic carbocycles. The van der Waals surface area contributed by atoms with Crippen molar-refractivity contribution in [3.63, 3.8) is 0 Å². The summed E-state index contributed by atoms with van der Waals surface area (Å²) < 4.78 is 16.7. The van der Waals surface area contributed by atoms with Gasteiger partial charge in [0.25, 0.3) is 0 Å². The zero-order valence-corrected chi connectivity index (χ0v) is 7.50. The van der Waals surface area contributed by atoms with Gasteiger partial charge in [0.05, 0.1) is 13.2 Å². The van der Waals surface area contributed by atoms with E-state index in [0.717, 1.165) is 11.1 Å². The number of ether oxygens (including phenoxy) is 1. The van der Waals surface area contributed by atoms with Crippen molar-refractivity contribution in [2.75, 3.05) is 13.3 Å². The topological polar surface area (TPSA) is 9.23 Å². The fraction of sp³-hybridized carbons (Fsp3) is 0.273. The maximum Gasteiger partial charge on any atom is 0.113 e. The van der Waals surface area contributed by atoms with Gasteiger partial charge in [-0.15, -0.1) is 0 Å². The van der Waals surface area contributed by atoms with Crippen LogP contribution in [0.25, 0.3) is 6.08 Å². The molecule has 0 radical (unpaired) electrons. The Labute approximate surface area is 77.8 Å². The van der Waals surface area contributed by atoms with Gasteiger partial charge >= 0.3 is 0 Å². The van der Waals surface area contributed by atoms with Crippen LogP contribution in [0.3, 0.4) is 0 Å². The van der Waals surface area contributed by atoms with Crippen molar-refractivity contribution in [1.29, 1.82) is 0 Å². The third kappa shape index (κ3) is 3.38. The van der Waals surface area contributed by atoms with Gasteiger partial charge in [-0.2, -0.15) is 0 Å². The molecule has 0 atom stereocenters. The van der Waals surface area contributed by atoms with Crippen molar-refractivity contribution in [3.8, 4) is 0 Å². The van der Waals surface area contributed by atoms with Gasteiger partial charge in [0.15, 0.2) is 0 Å². The molecule has 0 amide bonds. The molecule has 13 heavy (non-hydrogen) atoms. The zero-order chi connectivity index (χ0) is 9.52. The quantitative estimate of drug-likeness (QED) is 0.633. The highest BCUT2D eigenvalue weighted by Crippen LogP contribution is 2.06. The maximum absolute atomic E-state index is 11.7. The van der Waals surface area contributed by atoms with Gasteiger partial charge in [-0.25, -0.2) is 4.39 Å². The molecule has 0 unspecified atom stereocenters. The first-order valence-electron chi connectivity index (χ1n) is 4.22. The molecule has 0 spiro atoms. The summed E-state index contributed by atoms with van der Waals surface area (Å²) in [6, 6.07) is 7.83.